The van der Waals surface area contributed by atoms with E-state index in [0.717, 1.165) is 27.1 Å². The van der Waals surface area contributed by atoms with Gasteiger partial charge in [-0.3, -0.25) is 9.67 Å². The van der Waals surface area contributed by atoms with Crippen molar-refractivity contribution in [2.24, 2.45) is 13.0 Å². The van der Waals surface area contributed by atoms with Gasteiger partial charge < -0.3 is 10.1 Å². The van der Waals surface area contributed by atoms with E-state index in [-0.39, 0.29) is 0 Å². The Bertz CT molecular complexity index is 929. The van der Waals surface area contributed by atoms with Crippen molar-refractivity contribution in [2.75, 3.05) is 11.9 Å². The summed E-state index contributed by atoms with van der Waals surface area (Å²) >= 11 is 2.24. The topological polar surface area (TPSA) is 77.8 Å². The molecule has 0 saturated heterocycles. The van der Waals surface area contributed by atoms with Crippen LogP contribution >= 0.6 is 22.6 Å². The van der Waals surface area contributed by atoms with Gasteiger partial charge in [-0.05, 0) is 48.1 Å². The summed E-state index contributed by atoms with van der Waals surface area (Å²) < 4.78 is 8.73. The first-order valence-corrected chi connectivity index (χ1v) is 9.97. The van der Waals surface area contributed by atoms with Crippen LogP contribution in [0, 0.1) is 16.4 Å². The van der Waals surface area contributed by atoms with Gasteiger partial charge in [0.15, 0.2) is 0 Å². The van der Waals surface area contributed by atoms with Crippen LogP contribution in [0.2, 0.25) is 0 Å². The molecule has 1 aliphatic carbocycles. The molecule has 1 saturated carbocycles. The summed E-state index contributed by atoms with van der Waals surface area (Å²) in [7, 11) is 1.91. The second-order valence-electron chi connectivity index (χ2n) is 6.78. The van der Waals surface area contributed by atoms with Crippen molar-refractivity contribution in [3.05, 3.63) is 57.4 Å². The fourth-order valence-electron chi connectivity index (χ4n) is 3.07. The zero-order valence-electron chi connectivity index (χ0n) is 15.3. The fraction of sp³-hybridized carbons (Fsp3) is 0.368. The Balaban J connectivity index is 1.39. The first-order valence-electron chi connectivity index (χ1n) is 8.89. The largest absolute Gasteiger partial charge is 0.476 e. The van der Waals surface area contributed by atoms with Gasteiger partial charge in [0.25, 0.3) is 0 Å². The molecule has 0 bridgehead atoms. The third kappa shape index (κ3) is 4.37. The van der Waals surface area contributed by atoms with Crippen LogP contribution in [-0.2, 0) is 13.6 Å². The van der Waals surface area contributed by atoms with Gasteiger partial charge in [-0.1, -0.05) is 6.07 Å². The molecule has 140 valence electrons. The van der Waals surface area contributed by atoms with Crippen LogP contribution in [0.15, 0.2) is 36.8 Å². The van der Waals surface area contributed by atoms with E-state index < -0.39 is 0 Å². The molecule has 3 aromatic rings. The average molecular weight is 476 g/mol. The summed E-state index contributed by atoms with van der Waals surface area (Å²) in [6, 6.07) is 6.07. The molecule has 0 spiro atoms. The first kappa shape index (κ1) is 18.1. The van der Waals surface area contributed by atoms with Gasteiger partial charge >= 0.3 is 0 Å². The number of halogens is 1. The first-order chi connectivity index (χ1) is 13.1. The van der Waals surface area contributed by atoms with Crippen molar-refractivity contribution in [3.63, 3.8) is 0 Å². The van der Waals surface area contributed by atoms with Crippen LogP contribution in [0.1, 0.15) is 29.4 Å². The summed E-state index contributed by atoms with van der Waals surface area (Å²) in [5, 5.41) is 7.55. The maximum atomic E-state index is 6.05. The second-order valence-corrected chi connectivity index (χ2v) is 7.86. The smallest absolute Gasteiger partial charge is 0.232 e. The van der Waals surface area contributed by atoms with Gasteiger partial charge in [-0.25, -0.2) is 4.98 Å². The zero-order valence-corrected chi connectivity index (χ0v) is 17.4. The molecule has 1 fully saturated rings. The molecule has 2 unspecified atom stereocenters. The molecule has 3 aromatic heterocycles. The Kier molecular flexibility index (Phi) is 5.24. The van der Waals surface area contributed by atoms with E-state index in [1.54, 1.807) is 4.68 Å². The van der Waals surface area contributed by atoms with E-state index in [9.17, 15) is 0 Å². The molecule has 7 nitrogen and oxygen atoms in total. The number of ether oxygens (including phenoxy) is 1. The molecule has 0 aromatic carbocycles. The maximum Gasteiger partial charge on any atom is 0.232 e. The molecule has 2 atom stereocenters. The van der Waals surface area contributed by atoms with Gasteiger partial charge in [-0.15, -0.1) is 0 Å². The Morgan fingerprint density at radius 1 is 1.33 bits per heavy atom. The van der Waals surface area contributed by atoms with Gasteiger partial charge in [0, 0.05) is 49.1 Å². The molecule has 8 heteroatoms. The molecule has 0 aliphatic heterocycles. The summed E-state index contributed by atoms with van der Waals surface area (Å²) in [6.07, 6.45) is 6.79. The Labute approximate surface area is 171 Å². The Morgan fingerprint density at radius 2 is 2.22 bits per heavy atom. The number of hydrogen-bond donors (Lipinski definition) is 1. The fourth-order valence-corrected chi connectivity index (χ4v) is 3.66. The number of nitrogens with zero attached hydrogens (tertiary/aromatic N) is 5. The zero-order chi connectivity index (χ0) is 18.8. The molecule has 0 amide bonds. The van der Waals surface area contributed by atoms with Crippen LogP contribution in [-0.4, -0.2) is 31.3 Å². The molecule has 1 aliphatic rings. The summed E-state index contributed by atoms with van der Waals surface area (Å²) in [4.78, 5) is 13.4. The molecule has 27 heavy (non-hydrogen) atoms. The average Bonchev–Trinajstić information content (AvgIpc) is 3.34. The molecular weight excluding hydrogens is 455 g/mol. The Hall–Kier alpha value is -2.23. The van der Waals surface area contributed by atoms with Crippen molar-refractivity contribution in [2.45, 2.75) is 25.8 Å². The molecule has 1 N–H and O–H groups in total. The lowest BCUT2D eigenvalue weighted by Gasteiger charge is -2.12. The number of nitrogens with one attached hydrogen (secondary N) is 1. The number of pyridine rings is 1. The van der Waals surface area contributed by atoms with Crippen molar-refractivity contribution in [1.29, 1.82) is 0 Å². The SMILES string of the molecule is Cc1nc(NCc2cnn(C)c2)c(I)c(OCC2CC2c2ccccn2)n1. The highest BCUT2D eigenvalue weighted by molar-refractivity contribution is 14.1. The third-order valence-electron chi connectivity index (χ3n) is 4.58. The van der Waals surface area contributed by atoms with Gasteiger partial charge in [-0.2, -0.15) is 10.1 Å². The minimum atomic E-state index is 0.495. The Morgan fingerprint density at radius 3 is 2.96 bits per heavy atom. The van der Waals surface area contributed by atoms with Crippen LogP contribution in [0.25, 0.3) is 0 Å². The summed E-state index contributed by atoms with van der Waals surface area (Å²) in [6.45, 7) is 3.19. The number of rotatable bonds is 7. The molecule has 0 radical (unpaired) electrons. The number of anilines is 1. The van der Waals surface area contributed by atoms with Crippen molar-refractivity contribution >= 4 is 28.4 Å². The normalized spacial score (nSPS) is 18.3. The van der Waals surface area contributed by atoms with Crippen LogP contribution < -0.4 is 10.1 Å². The van der Waals surface area contributed by atoms with Crippen LogP contribution in [0.3, 0.4) is 0 Å². The van der Waals surface area contributed by atoms with Crippen LogP contribution in [0.4, 0.5) is 5.82 Å². The van der Waals surface area contributed by atoms with Gasteiger partial charge in [0.1, 0.15) is 15.2 Å². The van der Waals surface area contributed by atoms with Crippen molar-refractivity contribution in [1.82, 2.24) is 24.7 Å². The van der Waals surface area contributed by atoms with E-state index in [1.165, 1.54) is 0 Å². The molecular formula is C19H21IN6O. The van der Waals surface area contributed by atoms with Gasteiger partial charge in [0.2, 0.25) is 5.88 Å². The predicted molar refractivity (Wildman–Crippen MR) is 111 cm³/mol. The third-order valence-corrected chi connectivity index (χ3v) is 5.55. The number of aromatic nitrogens is 5. The minimum Gasteiger partial charge on any atom is -0.476 e. The van der Waals surface area contributed by atoms with Crippen molar-refractivity contribution < 1.29 is 4.74 Å². The quantitative estimate of drug-likeness (QED) is 0.528. The lowest BCUT2D eigenvalue weighted by molar-refractivity contribution is 0.282. The lowest BCUT2D eigenvalue weighted by atomic mass is 10.2. The second kappa shape index (κ2) is 7.79. The van der Waals surface area contributed by atoms with Crippen LogP contribution in [0.5, 0.6) is 5.88 Å². The van der Waals surface area contributed by atoms with E-state index in [0.29, 0.717) is 36.7 Å². The molecule has 4 rings (SSSR count). The summed E-state index contributed by atoms with van der Waals surface area (Å²) in [5.41, 5.74) is 2.25. The lowest BCUT2D eigenvalue weighted by Crippen LogP contribution is -2.10. The maximum absolute atomic E-state index is 6.05. The standard InChI is InChI=1S/C19H21IN6O/c1-12-24-18(22-8-13-9-23-26(2)10-13)17(20)19(25-12)27-11-14-7-15(14)16-5-3-4-6-21-16/h3-6,9-10,14-15H,7-8,11H2,1-2H3,(H,22,24,25). The highest BCUT2D eigenvalue weighted by atomic mass is 127. The molecule has 3 heterocycles. The van der Waals surface area contributed by atoms with E-state index in [4.69, 9.17) is 4.74 Å². The monoisotopic (exact) mass is 476 g/mol. The number of hydrogen-bond acceptors (Lipinski definition) is 6. The summed E-state index contributed by atoms with van der Waals surface area (Å²) in [5.74, 6) is 3.12. The van der Waals surface area contributed by atoms with Crippen molar-refractivity contribution in [3.8, 4) is 5.88 Å². The highest BCUT2D eigenvalue weighted by Crippen LogP contribution is 2.46. The van der Waals surface area contributed by atoms with Gasteiger partial charge in [0.05, 0.1) is 12.8 Å². The highest BCUT2D eigenvalue weighted by Gasteiger charge is 2.40. The predicted octanol–water partition coefficient (Wildman–Crippen LogP) is 3.31. The van der Waals surface area contributed by atoms with E-state index in [2.05, 4.69) is 54.0 Å². The van der Waals surface area contributed by atoms with E-state index in [1.807, 2.05) is 44.7 Å². The van der Waals surface area contributed by atoms with E-state index >= 15 is 0 Å². The number of aryl methyl sites for hydroxylation is 2. The minimum absolute atomic E-state index is 0.495.